The molecule has 1 aromatic heterocycles. The Bertz CT molecular complexity index is 1390. The van der Waals surface area contributed by atoms with Gasteiger partial charge in [-0.15, -0.1) is 0 Å². The molecule has 0 saturated carbocycles. The van der Waals surface area contributed by atoms with Crippen LogP contribution in [0.15, 0.2) is 60.8 Å². The summed E-state index contributed by atoms with van der Waals surface area (Å²) in [6.45, 7) is 6.08. The SMILES string of the molecule is COc1ccc2cc3[n+](cc2c1OCc1ccc(C(C)C)cc1)CCc1cc2c(cc1-3)OCO2. The van der Waals surface area contributed by atoms with E-state index >= 15 is 0 Å². The van der Waals surface area contributed by atoms with Gasteiger partial charge in [0, 0.05) is 12.5 Å². The Hall–Kier alpha value is -3.73. The van der Waals surface area contributed by atoms with Gasteiger partial charge < -0.3 is 18.9 Å². The van der Waals surface area contributed by atoms with Crippen molar-refractivity contribution in [2.24, 2.45) is 0 Å². The normalized spacial score (nSPS) is 13.6. The van der Waals surface area contributed by atoms with Crippen LogP contribution in [0.3, 0.4) is 0 Å². The van der Waals surface area contributed by atoms with Gasteiger partial charge in [-0.25, -0.2) is 0 Å². The van der Waals surface area contributed by atoms with E-state index in [2.05, 4.69) is 73.1 Å². The monoisotopic (exact) mass is 454 g/mol. The zero-order chi connectivity index (χ0) is 23.2. The fourth-order valence-electron chi connectivity index (χ4n) is 4.86. The van der Waals surface area contributed by atoms with Gasteiger partial charge in [-0.3, -0.25) is 0 Å². The molecule has 0 amide bonds. The highest BCUT2D eigenvalue weighted by Crippen LogP contribution is 2.41. The van der Waals surface area contributed by atoms with E-state index in [1.807, 2.05) is 6.07 Å². The fraction of sp³-hybridized carbons (Fsp3) is 0.276. The molecule has 0 fully saturated rings. The first-order valence-corrected chi connectivity index (χ1v) is 11.8. The number of aromatic nitrogens is 1. The lowest BCUT2D eigenvalue weighted by Gasteiger charge is -2.18. The Labute approximate surface area is 199 Å². The molecule has 0 unspecified atom stereocenters. The predicted octanol–water partition coefficient (Wildman–Crippen LogP) is 5.79. The maximum atomic E-state index is 6.37. The van der Waals surface area contributed by atoms with Crippen molar-refractivity contribution in [3.8, 4) is 34.3 Å². The van der Waals surface area contributed by atoms with E-state index in [9.17, 15) is 0 Å². The summed E-state index contributed by atoms with van der Waals surface area (Å²) in [5, 5.41) is 2.16. The maximum absolute atomic E-state index is 6.37. The lowest BCUT2D eigenvalue weighted by molar-refractivity contribution is -0.686. The second-order valence-electron chi connectivity index (χ2n) is 9.25. The third-order valence-corrected chi connectivity index (χ3v) is 6.83. The van der Waals surface area contributed by atoms with E-state index < -0.39 is 0 Å². The summed E-state index contributed by atoms with van der Waals surface area (Å²) < 4.78 is 25.6. The number of benzene rings is 3. The highest BCUT2D eigenvalue weighted by molar-refractivity contribution is 5.91. The molecule has 3 heterocycles. The van der Waals surface area contributed by atoms with Crippen LogP contribution in [0.25, 0.3) is 22.0 Å². The summed E-state index contributed by atoms with van der Waals surface area (Å²) in [6.07, 6.45) is 3.13. The molecule has 2 aliphatic rings. The van der Waals surface area contributed by atoms with E-state index in [0.29, 0.717) is 12.5 Å². The second-order valence-corrected chi connectivity index (χ2v) is 9.25. The molecular formula is C29H28NO4+. The summed E-state index contributed by atoms with van der Waals surface area (Å²) >= 11 is 0. The average molecular weight is 455 g/mol. The molecule has 0 saturated heterocycles. The van der Waals surface area contributed by atoms with Crippen molar-refractivity contribution >= 4 is 10.8 Å². The molecule has 5 heteroatoms. The number of rotatable bonds is 5. The highest BCUT2D eigenvalue weighted by Gasteiger charge is 2.28. The van der Waals surface area contributed by atoms with Gasteiger partial charge in [0.2, 0.25) is 12.5 Å². The van der Waals surface area contributed by atoms with Crippen LogP contribution in [0.4, 0.5) is 0 Å². The topological polar surface area (TPSA) is 40.8 Å². The van der Waals surface area contributed by atoms with E-state index in [-0.39, 0.29) is 6.79 Å². The minimum absolute atomic E-state index is 0.288. The Morgan fingerprint density at radius 3 is 2.53 bits per heavy atom. The van der Waals surface area contributed by atoms with Crippen LogP contribution in [-0.2, 0) is 19.6 Å². The van der Waals surface area contributed by atoms with Crippen LogP contribution in [-0.4, -0.2) is 13.9 Å². The average Bonchev–Trinajstić information content (AvgIpc) is 3.32. The number of ether oxygens (including phenoxy) is 4. The van der Waals surface area contributed by atoms with Crippen LogP contribution in [0.2, 0.25) is 0 Å². The van der Waals surface area contributed by atoms with Crippen molar-refractivity contribution in [3.63, 3.8) is 0 Å². The van der Waals surface area contributed by atoms with Gasteiger partial charge in [0.15, 0.2) is 35.7 Å². The van der Waals surface area contributed by atoms with Gasteiger partial charge in [-0.2, -0.15) is 4.57 Å². The molecule has 0 spiro atoms. The minimum Gasteiger partial charge on any atom is -0.493 e. The van der Waals surface area contributed by atoms with E-state index in [1.54, 1.807) is 7.11 Å². The zero-order valence-electron chi connectivity index (χ0n) is 19.8. The molecule has 34 heavy (non-hydrogen) atoms. The summed E-state index contributed by atoms with van der Waals surface area (Å²) in [7, 11) is 1.69. The third kappa shape index (κ3) is 3.52. The second kappa shape index (κ2) is 8.24. The van der Waals surface area contributed by atoms with Gasteiger partial charge in [0.25, 0.3) is 0 Å². The fourth-order valence-corrected chi connectivity index (χ4v) is 4.86. The van der Waals surface area contributed by atoms with Crippen molar-refractivity contribution in [3.05, 3.63) is 77.5 Å². The predicted molar refractivity (Wildman–Crippen MR) is 131 cm³/mol. The number of methoxy groups -OCH3 is 1. The largest absolute Gasteiger partial charge is 0.493 e. The van der Waals surface area contributed by atoms with Crippen LogP contribution >= 0.6 is 0 Å². The Morgan fingerprint density at radius 2 is 1.76 bits per heavy atom. The molecule has 0 radical (unpaired) electrons. The molecule has 0 N–H and O–H groups in total. The van der Waals surface area contributed by atoms with Crippen molar-refractivity contribution < 1.29 is 23.5 Å². The number of hydrogen-bond acceptors (Lipinski definition) is 4. The van der Waals surface area contributed by atoms with E-state index in [0.717, 1.165) is 52.3 Å². The standard InChI is InChI=1S/C29H28NO4/c1-18(2)20-6-4-19(5-7-20)16-32-29-24-15-30-11-10-22-13-27-28(34-17-33-27)14-23(22)25(30)12-21(24)8-9-26(29)31-3/h4-9,12-15,18H,10-11,16-17H2,1-3H3/q+1. The summed E-state index contributed by atoms with van der Waals surface area (Å²) in [6, 6.07) is 19.2. The molecule has 0 atom stereocenters. The van der Waals surface area contributed by atoms with Gasteiger partial charge >= 0.3 is 0 Å². The molecular weight excluding hydrogens is 426 g/mol. The van der Waals surface area contributed by atoms with Gasteiger partial charge in [-0.1, -0.05) is 38.1 Å². The number of fused-ring (bicyclic) bond motifs is 5. The number of hydrogen-bond donors (Lipinski definition) is 0. The van der Waals surface area contributed by atoms with E-state index in [1.165, 1.54) is 22.4 Å². The minimum atomic E-state index is 0.288. The molecule has 2 aliphatic heterocycles. The Kier molecular flexibility index (Phi) is 5.05. The maximum Gasteiger partial charge on any atom is 0.231 e. The first kappa shape index (κ1) is 20.8. The van der Waals surface area contributed by atoms with Crippen LogP contribution in [0, 0.1) is 0 Å². The lowest BCUT2D eigenvalue weighted by Crippen LogP contribution is -2.40. The number of nitrogens with zero attached hydrogens (tertiary/aromatic N) is 1. The quantitative estimate of drug-likeness (QED) is 0.358. The van der Waals surface area contributed by atoms with Crippen molar-refractivity contribution in [1.29, 1.82) is 0 Å². The molecule has 0 aliphatic carbocycles. The third-order valence-electron chi connectivity index (χ3n) is 6.83. The molecule has 4 aromatic rings. The number of aryl methyl sites for hydroxylation is 2. The molecule has 3 aromatic carbocycles. The smallest absolute Gasteiger partial charge is 0.231 e. The molecule has 6 rings (SSSR count). The molecule has 5 nitrogen and oxygen atoms in total. The zero-order valence-corrected chi connectivity index (χ0v) is 19.8. The van der Waals surface area contributed by atoms with Gasteiger partial charge in [0.05, 0.1) is 18.1 Å². The van der Waals surface area contributed by atoms with Crippen molar-refractivity contribution in [2.45, 2.75) is 39.3 Å². The summed E-state index contributed by atoms with van der Waals surface area (Å²) in [5.74, 6) is 3.69. The highest BCUT2D eigenvalue weighted by atomic mass is 16.7. The van der Waals surface area contributed by atoms with Gasteiger partial charge in [-0.05, 0) is 52.3 Å². The van der Waals surface area contributed by atoms with Crippen LogP contribution in [0.5, 0.6) is 23.0 Å². The summed E-state index contributed by atoms with van der Waals surface area (Å²) in [4.78, 5) is 0. The lowest BCUT2D eigenvalue weighted by atomic mass is 9.95. The van der Waals surface area contributed by atoms with Crippen molar-refractivity contribution in [2.75, 3.05) is 13.9 Å². The molecule has 0 bridgehead atoms. The van der Waals surface area contributed by atoms with E-state index in [4.69, 9.17) is 18.9 Å². The van der Waals surface area contributed by atoms with Crippen molar-refractivity contribution in [1.82, 2.24) is 0 Å². The first-order chi connectivity index (χ1) is 16.6. The molecule has 172 valence electrons. The first-order valence-electron chi connectivity index (χ1n) is 11.8. The summed E-state index contributed by atoms with van der Waals surface area (Å²) in [5.41, 5.74) is 6.13. The van der Waals surface area contributed by atoms with Crippen LogP contribution in [0.1, 0.15) is 36.5 Å². The Morgan fingerprint density at radius 1 is 0.971 bits per heavy atom. The van der Waals surface area contributed by atoms with Crippen LogP contribution < -0.4 is 23.5 Å². The van der Waals surface area contributed by atoms with Gasteiger partial charge in [0.1, 0.15) is 6.61 Å². The Balaban J connectivity index is 1.38. The number of pyridine rings is 1.